The Bertz CT molecular complexity index is 1000. The van der Waals surface area contributed by atoms with Crippen LogP contribution in [0, 0.1) is 16.0 Å². The first-order valence-corrected chi connectivity index (χ1v) is 9.89. The highest BCUT2D eigenvalue weighted by Gasteiger charge is 2.26. The summed E-state index contributed by atoms with van der Waals surface area (Å²) in [5.74, 6) is 0.516. The molecule has 0 bridgehead atoms. The number of carbonyl (C=O) groups is 1. The Labute approximate surface area is 174 Å². The van der Waals surface area contributed by atoms with Crippen molar-refractivity contribution >= 4 is 11.6 Å². The summed E-state index contributed by atoms with van der Waals surface area (Å²) < 4.78 is 5.42. The van der Waals surface area contributed by atoms with Gasteiger partial charge in [0.1, 0.15) is 6.04 Å². The van der Waals surface area contributed by atoms with Crippen LogP contribution in [-0.2, 0) is 11.2 Å². The third-order valence-corrected chi connectivity index (χ3v) is 5.04. The average Bonchev–Trinajstić information content (AvgIpc) is 3.26. The van der Waals surface area contributed by atoms with Gasteiger partial charge in [0.05, 0.1) is 4.92 Å². The van der Waals surface area contributed by atoms with Gasteiger partial charge < -0.3 is 9.84 Å². The predicted molar refractivity (Wildman–Crippen MR) is 111 cm³/mol. The van der Waals surface area contributed by atoms with Crippen molar-refractivity contribution in [2.24, 2.45) is 5.92 Å². The van der Waals surface area contributed by atoms with Gasteiger partial charge in [0.15, 0.2) is 0 Å². The monoisotopic (exact) mass is 408 g/mol. The van der Waals surface area contributed by atoms with Gasteiger partial charge in [0.2, 0.25) is 17.6 Å². The fourth-order valence-electron chi connectivity index (χ4n) is 3.07. The molecule has 2 atom stereocenters. The largest absolute Gasteiger partial charge is 0.344 e. The van der Waals surface area contributed by atoms with E-state index in [1.54, 1.807) is 12.1 Å². The van der Waals surface area contributed by atoms with Crippen LogP contribution in [0.15, 0.2) is 59.1 Å². The van der Waals surface area contributed by atoms with Crippen LogP contribution in [0.2, 0.25) is 0 Å². The van der Waals surface area contributed by atoms with Gasteiger partial charge in [-0.25, -0.2) is 0 Å². The third-order valence-electron chi connectivity index (χ3n) is 5.04. The van der Waals surface area contributed by atoms with E-state index in [4.69, 9.17) is 4.52 Å². The van der Waals surface area contributed by atoms with Crippen LogP contribution in [0.25, 0.3) is 11.4 Å². The minimum Gasteiger partial charge on any atom is -0.344 e. The molecule has 3 rings (SSSR count). The molecule has 2 aromatic carbocycles. The number of nitrogens with zero attached hydrogens (tertiary/aromatic N) is 3. The van der Waals surface area contributed by atoms with Crippen LogP contribution >= 0.6 is 0 Å². The fourth-order valence-corrected chi connectivity index (χ4v) is 3.07. The lowest BCUT2D eigenvalue weighted by molar-refractivity contribution is -0.384. The molecule has 8 heteroatoms. The molecule has 156 valence electrons. The highest BCUT2D eigenvalue weighted by molar-refractivity contribution is 5.76. The maximum absolute atomic E-state index is 12.5. The summed E-state index contributed by atoms with van der Waals surface area (Å²) in [6.45, 7) is 4.02. The first kappa shape index (κ1) is 21.2. The first-order chi connectivity index (χ1) is 14.5. The standard InChI is InChI=1S/C22H24N4O4/c1-3-15(2)20(23-19(27)13-12-16-8-5-4-6-9-16)22-24-21(25-30-22)17-10-7-11-18(14-17)26(28)29/h4-11,14-15,20H,3,12-13H2,1-2H3,(H,23,27)/t15-,20+/m1/s1. The first-order valence-electron chi connectivity index (χ1n) is 9.89. The number of rotatable bonds is 9. The number of nitrogens with one attached hydrogen (secondary N) is 1. The van der Waals surface area contributed by atoms with E-state index in [0.29, 0.717) is 24.3 Å². The minimum absolute atomic E-state index is 0.0495. The van der Waals surface area contributed by atoms with Gasteiger partial charge in [0, 0.05) is 24.1 Å². The highest BCUT2D eigenvalue weighted by Crippen LogP contribution is 2.27. The van der Waals surface area contributed by atoms with Crippen LogP contribution in [0.5, 0.6) is 0 Å². The van der Waals surface area contributed by atoms with Gasteiger partial charge in [-0.05, 0) is 17.9 Å². The van der Waals surface area contributed by atoms with Gasteiger partial charge in [-0.3, -0.25) is 14.9 Å². The predicted octanol–water partition coefficient (Wildman–Crippen LogP) is 4.48. The number of hydrogen-bond acceptors (Lipinski definition) is 6. The SMILES string of the molecule is CC[C@@H](C)[C@H](NC(=O)CCc1ccccc1)c1nc(-c2cccc([N+](=O)[O-])c2)no1. The summed E-state index contributed by atoms with van der Waals surface area (Å²) in [6.07, 6.45) is 1.80. The average molecular weight is 408 g/mol. The number of nitro benzene ring substituents is 1. The zero-order valence-electron chi connectivity index (χ0n) is 16.9. The molecule has 30 heavy (non-hydrogen) atoms. The summed E-state index contributed by atoms with van der Waals surface area (Å²) >= 11 is 0. The second kappa shape index (κ2) is 9.78. The van der Waals surface area contributed by atoms with E-state index in [1.807, 2.05) is 44.2 Å². The molecular formula is C22H24N4O4. The summed E-state index contributed by atoms with van der Waals surface area (Å²) in [4.78, 5) is 27.5. The van der Waals surface area contributed by atoms with Crippen molar-refractivity contribution in [1.29, 1.82) is 0 Å². The van der Waals surface area contributed by atoms with Crippen LogP contribution in [-0.4, -0.2) is 21.0 Å². The zero-order chi connectivity index (χ0) is 21.5. The highest BCUT2D eigenvalue weighted by atomic mass is 16.6. The topological polar surface area (TPSA) is 111 Å². The van der Waals surface area contributed by atoms with Gasteiger partial charge in [-0.15, -0.1) is 0 Å². The lowest BCUT2D eigenvalue weighted by Gasteiger charge is -2.20. The maximum Gasteiger partial charge on any atom is 0.270 e. The van der Waals surface area contributed by atoms with Crippen LogP contribution < -0.4 is 5.32 Å². The number of benzene rings is 2. The number of non-ortho nitro benzene ring substituents is 1. The van der Waals surface area contributed by atoms with Gasteiger partial charge >= 0.3 is 0 Å². The van der Waals surface area contributed by atoms with E-state index < -0.39 is 11.0 Å². The molecule has 1 aromatic heterocycles. The Hall–Kier alpha value is -3.55. The molecular weight excluding hydrogens is 384 g/mol. The van der Waals surface area contributed by atoms with Crippen LogP contribution in [0.1, 0.15) is 44.2 Å². The zero-order valence-corrected chi connectivity index (χ0v) is 16.9. The van der Waals surface area contributed by atoms with E-state index >= 15 is 0 Å². The molecule has 0 radical (unpaired) electrons. The summed E-state index contributed by atoms with van der Waals surface area (Å²) in [7, 11) is 0. The van der Waals surface area contributed by atoms with Crippen molar-refractivity contribution < 1.29 is 14.2 Å². The minimum atomic E-state index is -0.473. The Morgan fingerprint density at radius 2 is 1.97 bits per heavy atom. The van der Waals surface area contributed by atoms with Crippen molar-refractivity contribution in [3.8, 4) is 11.4 Å². The summed E-state index contributed by atoms with van der Waals surface area (Å²) in [5.41, 5.74) is 1.53. The quantitative estimate of drug-likeness (QED) is 0.413. The van der Waals surface area contributed by atoms with Crippen LogP contribution in [0.3, 0.4) is 0 Å². The molecule has 1 amide bonds. The van der Waals surface area contributed by atoms with E-state index in [-0.39, 0.29) is 23.3 Å². The smallest absolute Gasteiger partial charge is 0.270 e. The summed E-state index contributed by atoms with van der Waals surface area (Å²) in [5, 5.41) is 18.0. The molecule has 0 spiro atoms. The molecule has 0 aliphatic heterocycles. The van der Waals surface area contributed by atoms with E-state index in [0.717, 1.165) is 12.0 Å². The normalized spacial score (nSPS) is 12.9. The second-order valence-electron chi connectivity index (χ2n) is 7.18. The van der Waals surface area contributed by atoms with E-state index in [1.165, 1.54) is 12.1 Å². The van der Waals surface area contributed by atoms with Crippen molar-refractivity contribution in [3.05, 3.63) is 76.2 Å². The Morgan fingerprint density at radius 3 is 2.67 bits per heavy atom. The van der Waals surface area contributed by atoms with Crippen LogP contribution in [0.4, 0.5) is 5.69 Å². The molecule has 3 aromatic rings. The lowest BCUT2D eigenvalue weighted by Crippen LogP contribution is -2.32. The number of aryl methyl sites for hydroxylation is 1. The third kappa shape index (κ3) is 5.28. The molecule has 1 N–H and O–H groups in total. The van der Waals surface area contributed by atoms with Crippen molar-refractivity contribution in [2.45, 2.75) is 39.2 Å². The molecule has 0 aliphatic rings. The van der Waals surface area contributed by atoms with E-state index in [9.17, 15) is 14.9 Å². The van der Waals surface area contributed by atoms with Crippen molar-refractivity contribution in [2.75, 3.05) is 0 Å². The second-order valence-corrected chi connectivity index (χ2v) is 7.18. The molecule has 1 heterocycles. The van der Waals surface area contributed by atoms with Crippen molar-refractivity contribution in [3.63, 3.8) is 0 Å². The number of hydrogen-bond donors (Lipinski definition) is 1. The summed E-state index contributed by atoms with van der Waals surface area (Å²) in [6, 6.07) is 15.4. The lowest BCUT2D eigenvalue weighted by atomic mass is 9.98. The number of aromatic nitrogens is 2. The molecule has 0 saturated carbocycles. The molecule has 0 saturated heterocycles. The van der Waals surface area contributed by atoms with Crippen molar-refractivity contribution in [1.82, 2.24) is 15.5 Å². The maximum atomic E-state index is 12.5. The fraction of sp³-hybridized carbons (Fsp3) is 0.318. The number of carbonyl (C=O) groups excluding carboxylic acids is 1. The molecule has 0 aliphatic carbocycles. The Kier molecular flexibility index (Phi) is 6.90. The van der Waals surface area contributed by atoms with E-state index in [2.05, 4.69) is 15.5 Å². The number of nitro groups is 1. The molecule has 8 nitrogen and oxygen atoms in total. The van der Waals surface area contributed by atoms with Gasteiger partial charge in [-0.2, -0.15) is 4.98 Å². The van der Waals surface area contributed by atoms with Gasteiger partial charge in [-0.1, -0.05) is 67.9 Å². The molecule has 0 unspecified atom stereocenters. The van der Waals surface area contributed by atoms with Gasteiger partial charge in [0.25, 0.3) is 5.69 Å². The Balaban J connectivity index is 1.73. The number of amides is 1. The molecule has 0 fully saturated rings. The Morgan fingerprint density at radius 1 is 1.20 bits per heavy atom.